The minimum absolute atomic E-state index is 0.0141. The Hall–Kier alpha value is -1.82. The highest BCUT2D eigenvalue weighted by Gasteiger charge is 2.25. The normalized spacial score (nSPS) is 11.1. The number of halogens is 3. The summed E-state index contributed by atoms with van der Waals surface area (Å²) >= 11 is 17.8. The van der Waals surface area contributed by atoms with Crippen LogP contribution in [0.1, 0.15) is 32.7 Å². The monoisotopic (exact) mass is 385 g/mol. The molecule has 1 heterocycles. The van der Waals surface area contributed by atoms with Crippen LogP contribution in [0.15, 0.2) is 17.2 Å². The lowest BCUT2D eigenvalue weighted by Gasteiger charge is -2.06. The van der Waals surface area contributed by atoms with Crippen LogP contribution in [0.3, 0.4) is 0 Å². The summed E-state index contributed by atoms with van der Waals surface area (Å²) in [5.74, 6) is -0.580. The number of carbonyl (C=O) groups excluding carboxylic acids is 1. The zero-order valence-corrected chi connectivity index (χ0v) is 15.6. The van der Waals surface area contributed by atoms with Crippen LogP contribution in [0.2, 0.25) is 15.2 Å². The predicted molar refractivity (Wildman–Crippen MR) is 98.2 cm³/mol. The van der Waals surface area contributed by atoms with Crippen molar-refractivity contribution in [2.24, 2.45) is 5.10 Å². The van der Waals surface area contributed by atoms with E-state index in [1.54, 1.807) is 6.21 Å². The summed E-state index contributed by atoms with van der Waals surface area (Å²) in [5.41, 5.74) is 12.3. The number of anilines is 1. The van der Waals surface area contributed by atoms with E-state index in [-0.39, 0.29) is 26.6 Å². The van der Waals surface area contributed by atoms with Gasteiger partial charge in [0.05, 0.1) is 11.9 Å². The van der Waals surface area contributed by atoms with Crippen molar-refractivity contribution in [2.45, 2.75) is 20.8 Å². The summed E-state index contributed by atoms with van der Waals surface area (Å²) in [5, 5.41) is 4.05. The lowest BCUT2D eigenvalue weighted by atomic mass is 10.0. The van der Waals surface area contributed by atoms with Crippen molar-refractivity contribution >= 4 is 52.6 Å². The lowest BCUT2D eigenvalue weighted by molar-refractivity contribution is -0.379. The fourth-order valence-electron chi connectivity index (χ4n) is 2.33. The third kappa shape index (κ3) is 3.80. The zero-order valence-electron chi connectivity index (χ0n) is 13.3. The Kier molecular flexibility index (Phi) is 5.70. The Bertz CT molecular complexity index is 827. The first-order valence-corrected chi connectivity index (χ1v) is 8.12. The van der Waals surface area contributed by atoms with Gasteiger partial charge in [0.2, 0.25) is 0 Å². The molecule has 0 atom stereocenters. The van der Waals surface area contributed by atoms with Crippen LogP contribution in [0.25, 0.3) is 0 Å². The number of nitrogens with one attached hydrogen (secondary N) is 2. The van der Waals surface area contributed by atoms with Crippen molar-refractivity contribution in [1.82, 2.24) is 5.43 Å². The number of aromatic amines is 1. The van der Waals surface area contributed by atoms with Gasteiger partial charge in [0, 0.05) is 5.56 Å². The Morgan fingerprint density at radius 1 is 1.17 bits per heavy atom. The van der Waals surface area contributed by atoms with Gasteiger partial charge in [-0.25, -0.2) is 5.43 Å². The maximum absolute atomic E-state index is 12.2. The largest absolute Gasteiger partial charge is 0.396 e. The molecule has 2 rings (SSSR count). The van der Waals surface area contributed by atoms with E-state index < -0.39 is 5.91 Å². The van der Waals surface area contributed by atoms with Gasteiger partial charge in [0.25, 0.3) is 10.8 Å². The zero-order chi connectivity index (χ0) is 18.0. The first-order valence-electron chi connectivity index (χ1n) is 6.98. The van der Waals surface area contributed by atoms with E-state index in [1.165, 1.54) is 5.56 Å². The first kappa shape index (κ1) is 18.5. The molecule has 126 valence electrons. The maximum Gasteiger partial charge on any atom is 0.337 e. The van der Waals surface area contributed by atoms with E-state index in [4.69, 9.17) is 40.5 Å². The van der Waals surface area contributed by atoms with Crippen molar-refractivity contribution < 1.29 is 9.78 Å². The molecule has 0 aliphatic rings. The third-order valence-corrected chi connectivity index (χ3v) is 4.61. The quantitative estimate of drug-likeness (QED) is 0.479. The smallest absolute Gasteiger partial charge is 0.337 e. The molecule has 0 unspecified atom stereocenters. The Balaban J connectivity index is 2.23. The van der Waals surface area contributed by atoms with Gasteiger partial charge in [0.1, 0.15) is 10.0 Å². The number of pyridine rings is 1. The molecule has 0 saturated carbocycles. The highest BCUT2D eigenvalue weighted by atomic mass is 35.5. The number of nitrogens with zero attached hydrogens (tertiary/aromatic N) is 1. The molecule has 1 aromatic heterocycles. The fourth-order valence-corrected chi connectivity index (χ4v) is 2.95. The number of rotatable bonds is 3. The van der Waals surface area contributed by atoms with Crippen molar-refractivity contribution in [3.63, 3.8) is 0 Å². The summed E-state index contributed by atoms with van der Waals surface area (Å²) in [4.78, 5) is 14.8. The number of carbonyl (C=O) groups is 1. The molecule has 1 aromatic carbocycles. The molecular formula is C16H16Cl3N4O+. The number of aromatic nitrogens is 1. The molecule has 24 heavy (non-hydrogen) atoms. The molecule has 4 N–H and O–H groups in total. The molecule has 5 nitrogen and oxygen atoms in total. The van der Waals surface area contributed by atoms with Crippen LogP contribution in [0, 0.1) is 20.8 Å². The van der Waals surface area contributed by atoms with Crippen LogP contribution in [0.5, 0.6) is 0 Å². The Morgan fingerprint density at radius 2 is 1.75 bits per heavy atom. The number of hydrazone groups is 1. The molecule has 0 aliphatic carbocycles. The van der Waals surface area contributed by atoms with Gasteiger partial charge in [-0.05, 0) is 43.5 Å². The van der Waals surface area contributed by atoms with E-state index in [1.807, 2.05) is 32.9 Å². The van der Waals surface area contributed by atoms with Crippen LogP contribution < -0.4 is 16.1 Å². The average Bonchev–Trinajstić information content (AvgIpc) is 2.51. The second-order valence-electron chi connectivity index (χ2n) is 5.37. The third-order valence-electron chi connectivity index (χ3n) is 3.44. The van der Waals surface area contributed by atoms with Gasteiger partial charge < -0.3 is 5.73 Å². The Labute approximate surface area is 154 Å². The van der Waals surface area contributed by atoms with Gasteiger partial charge in [0.15, 0.2) is 0 Å². The van der Waals surface area contributed by atoms with Crippen LogP contribution >= 0.6 is 34.8 Å². The van der Waals surface area contributed by atoms with Crippen molar-refractivity contribution in [2.75, 3.05) is 5.73 Å². The fraction of sp³-hybridized carbons (Fsp3) is 0.188. The van der Waals surface area contributed by atoms with E-state index >= 15 is 0 Å². The molecule has 2 aromatic rings. The number of aryl methyl sites for hydroxylation is 3. The molecule has 0 radical (unpaired) electrons. The molecule has 0 aliphatic heterocycles. The van der Waals surface area contributed by atoms with Crippen molar-refractivity contribution in [1.29, 1.82) is 0 Å². The van der Waals surface area contributed by atoms with E-state index in [9.17, 15) is 4.79 Å². The van der Waals surface area contributed by atoms with E-state index in [0.29, 0.717) is 0 Å². The maximum atomic E-state index is 12.2. The van der Waals surface area contributed by atoms with E-state index in [0.717, 1.165) is 16.7 Å². The highest BCUT2D eigenvalue weighted by Crippen LogP contribution is 2.31. The van der Waals surface area contributed by atoms with Gasteiger partial charge in [-0.15, -0.1) is 0 Å². The van der Waals surface area contributed by atoms with Crippen molar-refractivity contribution in [3.8, 4) is 0 Å². The number of nitrogens with two attached hydrogens (primary N) is 1. The van der Waals surface area contributed by atoms with Crippen molar-refractivity contribution in [3.05, 3.63) is 55.3 Å². The standard InChI is InChI=1S/C16H15Cl3N4O/c1-7-4-8(2)10(9(3)5-7)6-21-23-16(24)14-11(17)13(20)12(18)15(19)22-14/h4-6H,1-3H3,(H2,20,22)(H,23,24)/p+1/b21-6-. The SMILES string of the molecule is Cc1cc(C)c(/C=N\NC(=O)c2[nH+]c(Cl)c(Cl)c(N)c2Cl)c(C)c1. The van der Waals surface area contributed by atoms with E-state index in [2.05, 4.69) is 15.5 Å². The number of amides is 1. The summed E-state index contributed by atoms with van der Waals surface area (Å²) in [6.07, 6.45) is 1.58. The Morgan fingerprint density at radius 3 is 2.33 bits per heavy atom. The molecule has 0 fully saturated rings. The molecule has 0 spiro atoms. The molecular weight excluding hydrogens is 371 g/mol. The average molecular weight is 387 g/mol. The number of nitrogen functional groups attached to an aromatic ring is 1. The minimum atomic E-state index is -0.580. The number of hydrogen-bond donors (Lipinski definition) is 2. The number of H-pyrrole nitrogens is 1. The summed E-state index contributed by atoms with van der Waals surface area (Å²) in [7, 11) is 0. The lowest BCUT2D eigenvalue weighted by Crippen LogP contribution is -2.28. The predicted octanol–water partition coefficient (Wildman–Crippen LogP) is 3.73. The molecule has 0 bridgehead atoms. The second-order valence-corrected chi connectivity index (χ2v) is 6.50. The molecule has 1 amide bonds. The highest BCUT2D eigenvalue weighted by molar-refractivity contribution is 6.45. The van der Waals surface area contributed by atoms with Crippen LogP contribution in [-0.4, -0.2) is 12.1 Å². The van der Waals surface area contributed by atoms with Crippen LogP contribution in [-0.2, 0) is 0 Å². The van der Waals surface area contributed by atoms with Crippen LogP contribution in [0.4, 0.5) is 5.69 Å². The van der Waals surface area contributed by atoms with Gasteiger partial charge in [-0.1, -0.05) is 40.9 Å². The summed E-state index contributed by atoms with van der Waals surface area (Å²) < 4.78 is 0. The molecule has 8 heteroatoms. The number of benzene rings is 1. The van der Waals surface area contributed by atoms with Gasteiger partial charge >= 0.3 is 5.91 Å². The topological polar surface area (TPSA) is 81.6 Å². The van der Waals surface area contributed by atoms with Gasteiger partial charge in [-0.3, -0.25) is 4.79 Å². The first-order chi connectivity index (χ1) is 11.2. The van der Waals surface area contributed by atoms with Gasteiger partial charge in [-0.2, -0.15) is 10.1 Å². The summed E-state index contributed by atoms with van der Waals surface area (Å²) in [6.45, 7) is 5.98. The number of hydrogen-bond acceptors (Lipinski definition) is 3. The second kappa shape index (κ2) is 7.38. The molecule has 0 saturated heterocycles. The summed E-state index contributed by atoms with van der Waals surface area (Å²) in [6, 6.07) is 4.08. The minimum Gasteiger partial charge on any atom is -0.396 e.